The van der Waals surface area contributed by atoms with Crippen LogP contribution in [0.1, 0.15) is 53.0 Å². The Morgan fingerprint density at radius 2 is 1.51 bits per heavy atom. The Kier molecular flexibility index (Phi) is 15.5. The Bertz CT molecular complexity index is 755. The number of amides is 3. The molecule has 0 saturated carbocycles. The lowest BCUT2D eigenvalue weighted by molar-refractivity contribution is -0.135. The number of carbonyl (C=O) groups is 3. The van der Waals surface area contributed by atoms with Crippen LogP contribution in [0.15, 0.2) is 24.3 Å². The second-order valence-corrected chi connectivity index (χ2v) is 8.97. The second-order valence-electron chi connectivity index (χ2n) is 8.97. The SMILES string of the molecule is CC(C)CC(=O)NOCc1ccc(NC(=O)[C@H](C)NC(=O)CCOCCOCCNC(C)C)cc1. The molecular weight excluding hydrogens is 452 g/mol. The van der Waals surface area contributed by atoms with Gasteiger partial charge in [0.05, 0.1) is 33.0 Å². The number of hydrogen-bond acceptors (Lipinski definition) is 7. The molecule has 1 aromatic rings. The molecule has 0 aliphatic heterocycles. The van der Waals surface area contributed by atoms with Crippen molar-refractivity contribution in [3.05, 3.63) is 29.8 Å². The van der Waals surface area contributed by atoms with Crippen molar-refractivity contribution < 1.29 is 28.7 Å². The number of ether oxygens (including phenoxy) is 2. The molecule has 10 heteroatoms. The summed E-state index contributed by atoms with van der Waals surface area (Å²) in [6, 6.07) is 6.77. The van der Waals surface area contributed by atoms with E-state index in [1.54, 1.807) is 31.2 Å². The van der Waals surface area contributed by atoms with E-state index in [2.05, 4.69) is 35.3 Å². The molecule has 1 rings (SSSR count). The molecule has 0 radical (unpaired) electrons. The van der Waals surface area contributed by atoms with E-state index < -0.39 is 6.04 Å². The normalized spacial score (nSPS) is 12.0. The van der Waals surface area contributed by atoms with Gasteiger partial charge in [0.1, 0.15) is 6.04 Å². The zero-order chi connectivity index (χ0) is 26.1. The van der Waals surface area contributed by atoms with Crippen molar-refractivity contribution >= 4 is 23.4 Å². The number of hydrogen-bond donors (Lipinski definition) is 4. The highest BCUT2D eigenvalue weighted by molar-refractivity contribution is 5.96. The lowest BCUT2D eigenvalue weighted by Crippen LogP contribution is -2.41. The third-order valence-corrected chi connectivity index (χ3v) is 4.66. The minimum absolute atomic E-state index is 0.161. The van der Waals surface area contributed by atoms with Crippen LogP contribution in [-0.4, -0.2) is 62.8 Å². The molecule has 0 aromatic heterocycles. The van der Waals surface area contributed by atoms with E-state index in [1.807, 2.05) is 13.8 Å². The molecule has 3 amide bonds. The smallest absolute Gasteiger partial charge is 0.246 e. The summed E-state index contributed by atoms with van der Waals surface area (Å²) >= 11 is 0. The summed E-state index contributed by atoms with van der Waals surface area (Å²) in [5.41, 5.74) is 3.84. The van der Waals surface area contributed by atoms with Crippen LogP contribution in [0.5, 0.6) is 0 Å². The first-order valence-electron chi connectivity index (χ1n) is 12.2. The minimum Gasteiger partial charge on any atom is -0.379 e. The monoisotopic (exact) mass is 494 g/mol. The third-order valence-electron chi connectivity index (χ3n) is 4.66. The van der Waals surface area contributed by atoms with Crippen molar-refractivity contribution in [2.75, 3.05) is 38.3 Å². The molecule has 0 bridgehead atoms. The van der Waals surface area contributed by atoms with E-state index in [4.69, 9.17) is 14.3 Å². The second kappa shape index (κ2) is 17.8. The Hall–Kier alpha value is -2.53. The molecule has 0 heterocycles. The summed E-state index contributed by atoms with van der Waals surface area (Å²) in [7, 11) is 0. The van der Waals surface area contributed by atoms with Crippen molar-refractivity contribution in [3.8, 4) is 0 Å². The highest BCUT2D eigenvalue weighted by atomic mass is 16.6. The van der Waals surface area contributed by atoms with E-state index in [0.29, 0.717) is 38.0 Å². The summed E-state index contributed by atoms with van der Waals surface area (Å²) in [5, 5.41) is 8.68. The van der Waals surface area contributed by atoms with Crippen LogP contribution >= 0.6 is 0 Å². The summed E-state index contributed by atoms with van der Waals surface area (Å²) in [5.74, 6) is -0.491. The Morgan fingerprint density at radius 3 is 2.14 bits per heavy atom. The van der Waals surface area contributed by atoms with Crippen LogP contribution in [0.4, 0.5) is 5.69 Å². The van der Waals surface area contributed by atoms with Crippen molar-refractivity contribution in [3.63, 3.8) is 0 Å². The zero-order valence-corrected chi connectivity index (χ0v) is 21.6. The van der Waals surface area contributed by atoms with Gasteiger partial charge in [-0.05, 0) is 30.5 Å². The van der Waals surface area contributed by atoms with Crippen LogP contribution in [0.25, 0.3) is 0 Å². The summed E-state index contributed by atoms with van der Waals surface area (Å²) in [6.07, 6.45) is 0.563. The van der Waals surface area contributed by atoms with Crippen molar-refractivity contribution in [1.82, 2.24) is 16.1 Å². The topological polar surface area (TPSA) is 127 Å². The van der Waals surface area contributed by atoms with E-state index in [-0.39, 0.29) is 43.3 Å². The van der Waals surface area contributed by atoms with Crippen LogP contribution in [0.3, 0.4) is 0 Å². The maximum absolute atomic E-state index is 12.4. The molecule has 10 nitrogen and oxygen atoms in total. The number of rotatable bonds is 18. The van der Waals surface area contributed by atoms with Gasteiger partial charge in [-0.15, -0.1) is 0 Å². The predicted molar refractivity (Wildman–Crippen MR) is 134 cm³/mol. The van der Waals surface area contributed by atoms with E-state index in [0.717, 1.165) is 12.1 Å². The molecule has 0 fully saturated rings. The fourth-order valence-electron chi connectivity index (χ4n) is 2.83. The Balaban J connectivity index is 2.19. The number of nitrogens with one attached hydrogen (secondary N) is 4. The maximum atomic E-state index is 12.4. The molecule has 198 valence electrons. The van der Waals surface area contributed by atoms with Gasteiger partial charge in [0.2, 0.25) is 17.7 Å². The molecule has 0 aliphatic carbocycles. The molecule has 0 aliphatic rings. The Morgan fingerprint density at radius 1 is 0.857 bits per heavy atom. The van der Waals surface area contributed by atoms with Crippen LogP contribution in [0, 0.1) is 5.92 Å². The van der Waals surface area contributed by atoms with Gasteiger partial charge in [0, 0.05) is 31.1 Å². The third kappa shape index (κ3) is 15.9. The van der Waals surface area contributed by atoms with Crippen molar-refractivity contribution in [2.45, 2.75) is 66.2 Å². The first-order chi connectivity index (χ1) is 16.7. The average Bonchev–Trinajstić information content (AvgIpc) is 2.78. The fourth-order valence-corrected chi connectivity index (χ4v) is 2.83. The van der Waals surface area contributed by atoms with Gasteiger partial charge in [-0.3, -0.25) is 19.2 Å². The van der Waals surface area contributed by atoms with E-state index >= 15 is 0 Å². The largest absolute Gasteiger partial charge is 0.379 e. The summed E-state index contributed by atoms with van der Waals surface area (Å²) in [4.78, 5) is 41.2. The molecule has 0 saturated heterocycles. The van der Waals surface area contributed by atoms with Gasteiger partial charge < -0.3 is 25.4 Å². The van der Waals surface area contributed by atoms with Gasteiger partial charge in [-0.1, -0.05) is 39.8 Å². The molecule has 0 unspecified atom stereocenters. The molecular formula is C25H42N4O6. The fraction of sp³-hybridized carbons (Fsp3) is 0.640. The van der Waals surface area contributed by atoms with Crippen LogP contribution < -0.4 is 21.4 Å². The van der Waals surface area contributed by atoms with Gasteiger partial charge in [0.25, 0.3) is 0 Å². The number of carbonyl (C=O) groups excluding carboxylic acids is 3. The minimum atomic E-state index is -0.696. The summed E-state index contributed by atoms with van der Waals surface area (Å²) in [6.45, 7) is 12.4. The average molecular weight is 495 g/mol. The van der Waals surface area contributed by atoms with E-state index in [1.165, 1.54) is 0 Å². The highest BCUT2D eigenvalue weighted by Crippen LogP contribution is 2.11. The molecule has 4 N–H and O–H groups in total. The number of hydroxylamine groups is 1. The lowest BCUT2D eigenvalue weighted by Gasteiger charge is -2.14. The van der Waals surface area contributed by atoms with E-state index in [9.17, 15) is 14.4 Å². The molecule has 1 atom stereocenters. The first kappa shape index (κ1) is 30.5. The van der Waals surface area contributed by atoms with Gasteiger partial charge >= 0.3 is 0 Å². The number of benzene rings is 1. The highest BCUT2D eigenvalue weighted by Gasteiger charge is 2.15. The van der Waals surface area contributed by atoms with Gasteiger partial charge in [-0.2, -0.15) is 0 Å². The molecule has 1 aromatic carbocycles. The lowest BCUT2D eigenvalue weighted by atomic mass is 10.1. The summed E-state index contributed by atoms with van der Waals surface area (Å²) < 4.78 is 10.8. The standard InChI is InChI=1S/C25H42N4O6/c1-18(2)16-24(31)29-35-17-21-6-8-22(9-7-21)28-25(32)20(5)27-23(30)10-12-33-14-15-34-13-11-26-19(3)4/h6-9,18-20,26H,10-17H2,1-5H3,(H,27,30)(H,28,32)(H,29,31)/t20-/m0/s1. The molecule has 35 heavy (non-hydrogen) atoms. The molecule has 0 spiro atoms. The zero-order valence-electron chi connectivity index (χ0n) is 21.6. The first-order valence-corrected chi connectivity index (χ1v) is 12.2. The van der Waals surface area contributed by atoms with Crippen LogP contribution in [-0.2, 0) is 35.3 Å². The number of anilines is 1. The predicted octanol–water partition coefficient (Wildman–Crippen LogP) is 2.15. The van der Waals surface area contributed by atoms with Crippen LogP contribution in [0.2, 0.25) is 0 Å². The maximum Gasteiger partial charge on any atom is 0.246 e. The van der Waals surface area contributed by atoms with Crippen molar-refractivity contribution in [2.24, 2.45) is 5.92 Å². The van der Waals surface area contributed by atoms with Gasteiger partial charge in [0.15, 0.2) is 0 Å². The quantitative estimate of drug-likeness (QED) is 0.182. The van der Waals surface area contributed by atoms with Gasteiger partial charge in [-0.25, -0.2) is 5.48 Å². The van der Waals surface area contributed by atoms with Crippen molar-refractivity contribution in [1.29, 1.82) is 0 Å². The Labute approximate surface area is 208 Å².